The zero-order chi connectivity index (χ0) is 13.8. The van der Waals surface area contributed by atoms with Crippen molar-refractivity contribution in [3.8, 4) is 0 Å². The average molecular weight is 242 g/mol. The van der Waals surface area contributed by atoms with Crippen molar-refractivity contribution in [3.05, 3.63) is 0 Å². The molecular formula is C15H30O2. The molecule has 0 aromatic rings. The van der Waals surface area contributed by atoms with E-state index in [0.717, 1.165) is 6.42 Å². The van der Waals surface area contributed by atoms with Crippen molar-refractivity contribution in [1.29, 1.82) is 0 Å². The van der Waals surface area contributed by atoms with E-state index in [0.29, 0.717) is 24.2 Å². The Morgan fingerprint density at radius 3 is 1.71 bits per heavy atom. The van der Waals surface area contributed by atoms with Crippen LogP contribution in [0.25, 0.3) is 0 Å². The van der Waals surface area contributed by atoms with Gasteiger partial charge in [-0.1, -0.05) is 48.5 Å². The SMILES string of the molecule is CC(C)C(CC(=O)O)CC(C)(C(C)C)C(C)C. The molecule has 0 spiro atoms. The number of rotatable bonds is 7. The highest BCUT2D eigenvalue weighted by molar-refractivity contribution is 5.67. The van der Waals surface area contributed by atoms with Crippen molar-refractivity contribution in [2.24, 2.45) is 29.1 Å². The van der Waals surface area contributed by atoms with Crippen molar-refractivity contribution >= 4 is 5.97 Å². The first-order valence-electron chi connectivity index (χ1n) is 6.83. The lowest BCUT2D eigenvalue weighted by Gasteiger charge is -2.41. The second-order valence-corrected chi connectivity index (χ2v) is 6.62. The van der Waals surface area contributed by atoms with Gasteiger partial charge in [0.25, 0.3) is 0 Å². The molecule has 0 saturated heterocycles. The molecular weight excluding hydrogens is 212 g/mol. The van der Waals surface area contributed by atoms with Crippen LogP contribution in [0.5, 0.6) is 0 Å². The molecule has 0 bridgehead atoms. The Hall–Kier alpha value is -0.530. The highest BCUT2D eigenvalue weighted by Gasteiger charge is 2.35. The number of carbonyl (C=O) groups is 1. The summed E-state index contributed by atoms with van der Waals surface area (Å²) in [5, 5.41) is 9.01. The molecule has 0 amide bonds. The molecule has 0 aromatic heterocycles. The highest BCUT2D eigenvalue weighted by atomic mass is 16.4. The maximum atomic E-state index is 10.9. The predicted octanol–water partition coefficient (Wildman–Crippen LogP) is 4.44. The Morgan fingerprint density at radius 2 is 1.47 bits per heavy atom. The number of hydrogen-bond acceptors (Lipinski definition) is 1. The van der Waals surface area contributed by atoms with Crippen molar-refractivity contribution in [1.82, 2.24) is 0 Å². The molecule has 1 N–H and O–H groups in total. The predicted molar refractivity (Wildman–Crippen MR) is 73.0 cm³/mol. The third-order valence-electron chi connectivity index (χ3n) is 4.72. The van der Waals surface area contributed by atoms with Gasteiger partial charge >= 0.3 is 5.97 Å². The summed E-state index contributed by atoms with van der Waals surface area (Å²) in [7, 11) is 0. The molecule has 0 aliphatic carbocycles. The number of carboxylic acid groups (broad SMARTS) is 1. The van der Waals surface area contributed by atoms with E-state index in [1.165, 1.54) is 0 Å². The van der Waals surface area contributed by atoms with Crippen LogP contribution in [0.1, 0.15) is 61.3 Å². The van der Waals surface area contributed by atoms with Gasteiger partial charge in [0.05, 0.1) is 0 Å². The van der Waals surface area contributed by atoms with Gasteiger partial charge < -0.3 is 5.11 Å². The monoisotopic (exact) mass is 242 g/mol. The normalized spacial score (nSPS) is 14.7. The van der Waals surface area contributed by atoms with E-state index in [1.54, 1.807) is 0 Å². The van der Waals surface area contributed by atoms with Crippen LogP contribution in [0, 0.1) is 29.1 Å². The van der Waals surface area contributed by atoms with Gasteiger partial charge in [0.15, 0.2) is 0 Å². The quantitative estimate of drug-likeness (QED) is 0.716. The van der Waals surface area contributed by atoms with Crippen LogP contribution >= 0.6 is 0 Å². The first kappa shape index (κ1) is 16.5. The Balaban J connectivity index is 4.87. The topological polar surface area (TPSA) is 37.3 Å². The van der Waals surface area contributed by atoms with Gasteiger partial charge in [-0.15, -0.1) is 0 Å². The van der Waals surface area contributed by atoms with E-state index in [-0.39, 0.29) is 11.3 Å². The fourth-order valence-electron chi connectivity index (χ4n) is 2.47. The molecule has 17 heavy (non-hydrogen) atoms. The minimum atomic E-state index is -0.668. The number of aliphatic carboxylic acids is 1. The molecule has 0 aromatic carbocycles. The van der Waals surface area contributed by atoms with E-state index in [4.69, 9.17) is 5.11 Å². The Morgan fingerprint density at radius 1 is 1.06 bits per heavy atom. The summed E-state index contributed by atoms with van der Waals surface area (Å²) in [6.45, 7) is 15.6. The largest absolute Gasteiger partial charge is 0.481 e. The van der Waals surface area contributed by atoms with E-state index in [1.807, 2.05) is 0 Å². The minimum absolute atomic E-state index is 0.227. The first-order valence-corrected chi connectivity index (χ1v) is 6.83. The lowest BCUT2D eigenvalue weighted by Crippen LogP contribution is -2.34. The number of carboxylic acids is 1. The minimum Gasteiger partial charge on any atom is -0.481 e. The summed E-state index contributed by atoms with van der Waals surface area (Å²) < 4.78 is 0. The van der Waals surface area contributed by atoms with Gasteiger partial charge in [-0.2, -0.15) is 0 Å². The van der Waals surface area contributed by atoms with E-state index in [2.05, 4.69) is 48.5 Å². The molecule has 0 radical (unpaired) electrons. The van der Waals surface area contributed by atoms with Crippen LogP contribution in [-0.4, -0.2) is 11.1 Å². The van der Waals surface area contributed by atoms with Crippen LogP contribution < -0.4 is 0 Å². The fourth-order valence-corrected chi connectivity index (χ4v) is 2.47. The van der Waals surface area contributed by atoms with Gasteiger partial charge in [0.1, 0.15) is 0 Å². The Kier molecular flexibility index (Phi) is 6.22. The lowest BCUT2D eigenvalue weighted by atomic mass is 9.64. The lowest BCUT2D eigenvalue weighted by molar-refractivity contribution is -0.139. The van der Waals surface area contributed by atoms with Gasteiger partial charge in [-0.25, -0.2) is 0 Å². The van der Waals surface area contributed by atoms with Gasteiger partial charge in [0.2, 0.25) is 0 Å². The van der Waals surface area contributed by atoms with Crippen LogP contribution in [-0.2, 0) is 4.79 Å². The summed E-state index contributed by atoms with van der Waals surface area (Å²) in [6, 6.07) is 0. The van der Waals surface area contributed by atoms with Crippen molar-refractivity contribution in [2.75, 3.05) is 0 Å². The van der Waals surface area contributed by atoms with E-state index in [9.17, 15) is 4.79 Å². The molecule has 2 nitrogen and oxygen atoms in total. The number of hydrogen-bond donors (Lipinski definition) is 1. The average Bonchev–Trinajstić information content (AvgIpc) is 2.14. The van der Waals surface area contributed by atoms with Crippen molar-refractivity contribution < 1.29 is 9.90 Å². The molecule has 0 aliphatic rings. The third-order valence-corrected chi connectivity index (χ3v) is 4.72. The zero-order valence-electron chi connectivity index (χ0n) is 12.6. The zero-order valence-corrected chi connectivity index (χ0v) is 12.6. The molecule has 102 valence electrons. The standard InChI is InChI=1S/C15H30O2/c1-10(2)13(8-14(16)17)9-15(7,11(3)4)12(5)6/h10-13H,8-9H2,1-7H3,(H,16,17). The van der Waals surface area contributed by atoms with Gasteiger partial charge in [-0.05, 0) is 35.5 Å². The molecule has 0 saturated carbocycles. The van der Waals surface area contributed by atoms with E-state index < -0.39 is 5.97 Å². The van der Waals surface area contributed by atoms with Crippen LogP contribution in [0.4, 0.5) is 0 Å². The van der Waals surface area contributed by atoms with Crippen LogP contribution in [0.2, 0.25) is 0 Å². The maximum absolute atomic E-state index is 10.9. The second-order valence-electron chi connectivity index (χ2n) is 6.62. The molecule has 1 atom stereocenters. The molecule has 1 unspecified atom stereocenters. The maximum Gasteiger partial charge on any atom is 0.303 e. The molecule has 0 aliphatic heterocycles. The molecule has 0 rings (SSSR count). The third kappa shape index (κ3) is 4.69. The molecule has 2 heteroatoms. The Bertz CT molecular complexity index is 233. The highest BCUT2D eigenvalue weighted by Crippen LogP contribution is 2.43. The van der Waals surface area contributed by atoms with Crippen molar-refractivity contribution in [2.45, 2.75) is 61.3 Å². The summed E-state index contributed by atoms with van der Waals surface area (Å²) in [5.74, 6) is 1.21. The summed E-state index contributed by atoms with van der Waals surface area (Å²) in [5.41, 5.74) is 0.227. The second kappa shape index (κ2) is 6.42. The van der Waals surface area contributed by atoms with Gasteiger partial charge in [-0.3, -0.25) is 4.79 Å². The van der Waals surface area contributed by atoms with Crippen LogP contribution in [0.15, 0.2) is 0 Å². The first-order chi connectivity index (χ1) is 7.61. The van der Waals surface area contributed by atoms with Gasteiger partial charge in [0, 0.05) is 6.42 Å². The van der Waals surface area contributed by atoms with Crippen molar-refractivity contribution in [3.63, 3.8) is 0 Å². The smallest absolute Gasteiger partial charge is 0.303 e. The van der Waals surface area contributed by atoms with E-state index >= 15 is 0 Å². The Labute approximate surface area is 107 Å². The molecule has 0 fully saturated rings. The fraction of sp³-hybridized carbons (Fsp3) is 0.933. The van der Waals surface area contributed by atoms with Crippen LogP contribution in [0.3, 0.4) is 0 Å². The molecule has 0 heterocycles. The summed E-state index contributed by atoms with van der Waals surface area (Å²) in [4.78, 5) is 10.9. The summed E-state index contributed by atoms with van der Waals surface area (Å²) >= 11 is 0. The summed E-state index contributed by atoms with van der Waals surface area (Å²) in [6.07, 6.45) is 1.30.